The summed E-state index contributed by atoms with van der Waals surface area (Å²) in [5.74, 6) is 0. The predicted molar refractivity (Wildman–Crippen MR) is 82.7 cm³/mol. The van der Waals surface area contributed by atoms with E-state index in [4.69, 9.17) is 0 Å². The minimum Gasteiger partial charge on any atom is -0.390 e. The maximum Gasteiger partial charge on any atom is 0.276 e. The molecule has 5 heteroatoms. The average Bonchev–Trinajstić information content (AvgIpc) is 2.41. The van der Waals surface area contributed by atoms with E-state index in [0.717, 1.165) is 5.56 Å². The maximum atomic E-state index is 11.0. The Bertz CT molecular complexity index is 347. The van der Waals surface area contributed by atoms with Crippen molar-refractivity contribution in [1.82, 2.24) is 10.6 Å². The Morgan fingerprint density at radius 2 is 1.89 bits per heavy atom. The number of amides is 1. The summed E-state index contributed by atoms with van der Waals surface area (Å²) < 4.78 is 0. The zero-order chi connectivity index (χ0) is 14.7. The van der Waals surface area contributed by atoms with Crippen molar-refractivity contribution in [2.45, 2.75) is 32.4 Å². The molecule has 0 fully saturated rings. The molecule has 0 radical (unpaired) electrons. The summed E-state index contributed by atoms with van der Waals surface area (Å²) in [6.45, 7) is 4.42. The van der Waals surface area contributed by atoms with Crippen molar-refractivity contribution in [3.63, 3.8) is 0 Å². The van der Waals surface area contributed by atoms with Crippen LogP contribution >= 0.6 is 12.6 Å². The molecule has 1 amide bonds. The Labute approximate surface area is 121 Å². The van der Waals surface area contributed by atoms with Crippen LogP contribution in [0, 0.1) is 0 Å². The SMILES string of the molecule is CC.CNCC(O)C(Cc1ccccc1)NC(=O)S. The molecule has 108 valence electrons. The third-order valence-electron chi connectivity index (χ3n) is 2.49. The highest BCUT2D eigenvalue weighted by Gasteiger charge is 2.19. The van der Waals surface area contributed by atoms with Crippen LogP contribution in [0.25, 0.3) is 0 Å². The number of rotatable bonds is 6. The Morgan fingerprint density at radius 1 is 1.32 bits per heavy atom. The highest BCUT2D eigenvalue weighted by molar-refractivity contribution is 7.96. The number of benzene rings is 1. The first-order valence-corrected chi connectivity index (χ1v) is 6.94. The molecule has 1 aromatic rings. The van der Waals surface area contributed by atoms with E-state index in [0.29, 0.717) is 13.0 Å². The van der Waals surface area contributed by atoms with Gasteiger partial charge in [-0.1, -0.05) is 56.8 Å². The van der Waals surface area contributed by atoms with Crippen LogP contribution < -0.4 is 10.6 Å². The molecule has 0 saturated heterocycles. The number of aliphatic hydroxyl groups excluding tert-OH is 1. The van der Waals surface area contributed by atoms with Crippen molar-refractivity contribution in [3.05, 3.63) is 35.9 Å². The first-order valence-electron chi connectivity index (χ1n) is 6.49. The molecule has 0 saturated carbocycles. The molecular weight excluding hydrogens is 260 g/mol. The van der Waals surface area contributed by atoms with Crippen molar-refractivity contribution in [1.29, 1.82) is 0 Å². The number of carbonyl (C=O) groups excluding carboxylic acids is 1. The second-order valence-electron chi connectivity index (χ2n) is 3.87. The highest BCUT2D eigenvalue weighted by atomic mass is 32.1. The quantitative estimate of drug-likeness (QED) is 0.603. The fourth-order valence-corrected chi connectivity index (χ4v) is 1.83. The molecule has 3 N–H and O–H groups in total. The topological polar surface area (TPSA) is 61.4 Å². The molecule has 4 nitrogen and oxygen atoms in total. The molecule has 2 unspecified atom stereocenters. The van der Waals surface area contributed by atoms with E-state index in [-0.39, 0.29) is 6.04 Å². The Kier molecular flexibility index (Phi) is 10.2. The van der Waals surface area contributed by atoms with Gasteiger partial charge in [0.05, 0.1) is 12.1 Å². The van der Waals surface area contributed by atoms with E-state index in [2.05, 4.69) is 23.3 Å². The van der Waals surface area contributed by atoms with Crippen molar-refractivity contribution in [2.75, 3.05) is 13.6 Å². The predicted octanol–water partition coefficient (Wildman–Crippen LogP) is 1.84. The van der Waals surface area contributed by atoms with Crippen LogP contribution in [0.3, 0.4) is 0 Å². The van der Waals surface area contributed by atoms with Gasteiger partial charge in [0.25, 0.3) is 5.24 Å². The lowest BCUT2D eigenvalue weighted by molar-refractivity contribution is 0.132. The second-order valence-corrected chi connectivity index (χ2v) is 4.28. The maximum absolute atomic E-state index is 11.0. The van der Waals surface area contributed by atoms with Gasteiger partial charge in [-0.3, -0.25) is 4.79 Å². The molecule has 0 aromatic heterocycles. The fraction of sp³-hybridized carbons (Fsp3) is 0.500. The third kappa shape index (κ3) is 7.87. The standard InChI is InChI=1S/C12H18N2O2S.C2H6/c1-13-8-11(15)10(14-12(16)17)7-9-5-3-2-4-6-9;1-2/h2-6,10-11,13,15H,7-8H2,1H3,(H2,14,16,17);1-2H3. The van der Waals surface area contributed by atoms with Gasteiger partial charge in [-0.25, -0.2) is 0 Å². The third-order valence-corrected chi connectivity index (χ3v) is 2.61. The Hall–Kier alpha value is -1.04. The van der Waals surface area contributed by atoms with Gasteiger partial charge < -0.3 is 15.7 Å². The molecule has 0 aliphatic rings. The summed E-state index contributed by atoms with van der Waals surface area (Å²) in [7, 11) is 1.76. The van der Waals surface area contributed by atoms with Crippen LogP contribution in [0.4, 0.5) is 4.79 Å². The summed E-state index contributed by atoms with van der Waals surface area (Å²) in [5.41, 5.74) is 1.06. The van der Waals surface area contributed by atoms with E-state index in [9.17, 15) is 9.90 Å². The van der Waals surface area contributed by atoms with Crippen molar-refractivity contribution in [2.24, 2.45) is 0 Å². The summed E-state index contributed by atoms with van der Waals surface area (Å²) in [4.78, 5) is 11.0. The van der Waals surface area contributed by atoms with Gasteiger partial charge in [0.2, 0.25) is 0 Å². The lowest BCUT2D eigenvalue weighted by atomic mass is 10.0. The lowest BCUT2D eigenvalue weighted by Crippen LogP contribution is -2.46. The first kappa shape index (κ1) is 18.0. The number of hydrogen-bond acceptors (Lipinski definition) is 3. The first-order chi connectivity index (χ1) is 9.13. The molecule has 19 heavy (non-hydrogen) atoms. The van der Waals surface area contributed by atoms with Gasteiger partial charge in [0.15, 0.2) is 0 Å². The molecule has 2 atom stereocenters. The zero-order valence-corrected chi connectivity index (χ0v) is 12.7. The van der Waals surface area contributed by atoms with Crippen molar-refractivity contribution >= 4 is 17.9 Å². The van der Waals surface area contributed by atoms with Gasteiger partial charge >= 0.3 is 0 Å². The second kappa shape index (κ2) is 10.8. The number of carbonyl (C=O) groups is 1. The monoisotopic (exact) mass is 284 g/mol. The van der Waals surface area contributed by atoms with Crippen LogP contribution in [-0.2, 0) is 6.42 Å². The molecule has 0 spiro atoms. The van der Waals surface area contributed by atoms with Gasteiger partial charge in [0.1, 0.15) is 0 Å². The molecule has 0 heterocycles. The van der Waals surface area contributed by atoms with Gasteiger partial charge in [-0.2, -0.15) is 0 Å². The number of thiol groups is 1. The number of likely N-dealkylation sites (N-methyl/N-ethyl adjacent to an activating group) is 1. The molecule has 0 bridgehead atoms. The number of hydrogen-bond donors (Lipinski definition) is 4. The molecular formula is C14H24N2O2S. The highest BCUT2D eigenvalue weighted by Crippen LogP contribution is 2.06. The largest absolute Gasteiger partial charge is 0.390 e. The Morgan fingerprint density at radius 3 is 2.37 bits per heavy atom. The zero-order valence-electron chi connectivity index (χ0n) is 11.8. The molecule has 0 aliphatic carbocycles. The number of aliphatic hydroxyl groups is 1. The molecule has 0 aliphatic heterocycles. The van der Waals surface area contributed by atoms with Crippen LogP contribution in [0.15, 0.2) is 30.3 Å². The Balaban J connectivity index is 0.00000154. The summed E-state index contributed by atoms with van der Waals surface area (Å²) in [6.07, 6.45) is -0.0630. The number of nitrogens with one attached hydrogen (secondary N) is 2. The smallest absolute Gasteiger partial charge is 0.276 e. The van der Waals surface area contributed by atoms with E-state index in [1.165, 1.54) is 0 Å². The minimum atomic E-state index is -0.642. The molecule has 1 rings (SSSR count). The summed E-state index contributed by atoms with van der Waals surface area (Å²) in [5, 5.41) is 15.0. The van der Waals surface area contributed by atoms with Gasteiger partial charge in [-0.05, 0) is 19.0 Å². The average molecular weight is 284 g/mol. The van der Waals surface area contributed by atoms with E-state index >= 15 is 0 Å². The molecule has 1 aromatic carbocycles. The van der Waals surface area contributed by atoms with E-state index in [1.54, 1.807) is 7.05 Å². The van der Waals surface area contributed by atoms with Crippen LogP contribution in [-0.4, -0.2) is 36.1 Å². The summed E-state index contributed by atoms with van der Waals surface area (Å²) in [6, 6.07) is 9.38. The minimum absolute atomic E-state index is 0.338. The normalized spacial score (nSPS) is 12.9. The van der Waals surface area contributed by atoms with E-state index in [1.807, 2.05) is 44.2 Å². The lowest BCUT2D eigenvalue weighted by Gasteiger charge is -2.23. The van der Waals surface area contributed by atoms with Crippen molar-refractivity contribution < 1.29 is 9.90 Å². The van der Waals surface area contributed by atoms with Crippen molar-refractivity contribution in [3.8, 4) is 0 Å². The van der Waals surface area contributed by atoms with E-state index < -0.39 is 11.3 Å². The fourth-order valence-electron chi connectivity index (χ4n) is 1.66. The van der Waals surface area contributed by atoms with Gasteiger partial charge in [-0.15, -0.1) is 0 Å². The van der Waals surface area contributed by atoms with Crippen LogP contribution in [0.2, 0.25) is 0 Å². The van der Waals surface area contributed by atoms with Crippen LogP contribution in [0.1, 0.15) is 19.4 Å². The van der Waals surface area contributed by atoms with Crippen LogP contribution in [0.5, 0.6) is 0 Å². The van der Waals surface area contributed by atoms with Gasteiger partial charge in [0, 0.05) is 6.54 Å². The summed E-state index contributed by atoms with van der Waals surface area (Å²) >= 11 is 3.69.